The van der Waals surface area contributed by atoms with Gasteiger partial charge in [-0.05, 0) is 50.3 Å². The molecule has 0 aromatic heterocycles. The van der Waals surface area contributed by atoms with Crippen molar-refractivity contribution in [3.8, 4) is 0 Å². The number of aldehydes is 1. The Morgan fingerprint density at radius 3 is 2.09 bits per heavy atom. The SMILES string of the molecule is C=CC.CC.CC(=O)OCc1ccc(COC2CCCC2C2=CC=C(O)CC2)cc1.CC=O. The third-order valence-electron chi connectivity index (χ3n) is 5.02. The maximum atomic E-state index is 10.8. The van der Waals surface area contributed by atoms with E-state index < -0.39 is 0 Å². The van der Waals surface area contributed by atoms with Crippen molar-refractivity contribution in [1.82, 2.24) is 0 Å². The zero-order chi connectivity index (χ0) is 25.1. The van der Waals surface area contributed by atoms with Gasteiger partial charge in [0.1, 0.15) is 12.9 Å². The van der Waals surface area contributed by atoms with E-state index in [1.165, 1.54) is 32.3 Å². The predicted molar refractivity (Wildman–Crippen MR) is 135 cm³/mol. The average molecular weight is 459 g/mol. The van der Waals surface area contributed by atoms with Crippen molar-refractivity contribution in [2.24, 2.45) is 5.92 Å². The molecule has 2 atom stereocenters. The zero-order valence-corrected chi connectivity index (χ0v) is 21.0. The maximum Gasteiger partial charge on any atom is 0.302 e. The van der Waals surface area contributed by atoms with Crippen LogP contribution in [0.15, 0.2) is 60.4 Å². The molecule has 3 rings (SSSR count). The number of carbonyl (C=O) groups is 2. The number of hydrogen-bond acceptors (Lipinski definition) is 5. The monoisotopic (exact) mass is 458 g/mol. The second-order valence-electron chi connectivity index (χ2n) is 7.53. The first-order valence-electron chi connectivity index (χ1n) is 11.8. The van der Waals surface area contributed by atoms with Crippen LogP contribution >= 0.6 is 0 Å². The van der Waals surface area contributed by atoms with E-state index in [9.17, 15) is 9.90 Å². The highest BCUT2D eigenvalue weighted by Crippen LogP contribution is 2.37. The Morgan fingerprint density at radius 2 is 1.61 bits per heavy atom. The first-order chi connectivity index (χ1) is 15.9. The summed E-state index contributed by atoms with van der Waals surface area (Å²) in [5, 5.41) is 9.54. The molecule has 0 radical (unpaired) electrons. The van der Waals surface area contributed by atoms with Crippen LogP contribution in [0.4, 0.5) is 0 Å². The summed E-state index contributed by atoms with van der Waals surface area (Å²) < 4.78 is 11.2. The molecule has 0 amide bonds. The Balaban J connectivity index is 0.00000113. The van der Waals surface area contributed by atoms with Gasteiger partial charge in [0.15, 0.2) is 0 Å². The summed E-state index contributed by atoms with van der Waals surface area (Å²) in [6, 6.07) is 8.02. The van der Waals surface area contributed by atoms with Crippen LogP contribution in [0.1, 0.15) is 77.8 Å². The van der Waals surface area contributed by atoms with E-state index in [4.69, 9.17) is 14.3 Å². The summed E-state index contributed by atoms with van der Waals surface area (Å²) >= 11 is 0. The van der Waals surface area contributed by atoms with E-state index >= 15 is 0 Å². The number of carbonyl (C=O) groups excluding carboxylic acids is 2. The van der Waals surface area contributed by atoms with Gasteiger partial charge in [0.05, 0.1) is 18.5 Å². The van der Waals surface area contributed by atoms with Crippen molar-refractivity contribution in [2.75, 3.05) is 0 Å². The van der Waals surface area contributed by atoms with E-state index in [0.717, 1.165) is 36.7 Å². The summed E-state index contributed by atoms with van der Waals surface area (Å²) in [5.74, 6) is 0.695. The fourth-order valence-corrected chi connectivity index (χ4v) is 3.62. The molecule has 1 aromatic rings. The van der Waals surface area contributed by atoms with E-state index in [1.54, 1.807) is 6.08 Å². The Hall–Kier alpha value is -2.66. The number of benzene rings is 1. The molecule has 0 bridgehead atoms. The molecule has 1 fully saturated rings. The van der Waals surface area contributed by atoms with Gasteiger partial charge in [0.2, 0.25) is 0 Å². The van der Waals surface area contributed by atoms with Crippen molar-refractivity contribution >= 4 is 12.3 Å². The lowest BCUT2D eigenvalue weighted by molar-refractivity contribution is -0.142. The van der Waals surface area contributed by atoms with E-state index in [-0.39, 0.29) is 12.1 Å². The van der Waals surface area contributed by atoms with Gasteiger partial charge in [0, 0.05) is 19.3 Å². The van der Waals surface area contributed by atoms with Gasteiger partial charge in [-0.25, -0.2) is 0 Å². The highest BCUT2D eigenvalue weighted by atomic mass is 16.5. The van der Waals surface area contributed by atoms with Crippen LogP contribution in [0.3, 0.4) is 0 Å². The van der Waals surface area contributed by atoms with Crippen LogP contribution in [0.5, 0.6) is 0 Å². The molecular weight excluding hydrogens is 416 g/mol. The van der Waals surface area contributed by atoms with Gasteiger partial charge in [-0.15, -0.1) is 6.58 Å². The highest BCUT2D eigenvalue weighted by Gasteiger charge is 2.31. The smallest absolute Gasteiger partial charge is 0.302 e. The second kappa shape index (κ2) is 18.9. The van der Waals surface area contributed by atoms with E-state index in [1.807, 2.05) is 51.1 Å². The van der Waals surface area contributed by atoms with E-state index in [0.29, 0.717) is 24.9 Å². The molecule has 33 heavy (non-hydrogen) atoms. The molecule has 0 aliphatic heterocycles. The van der Waals surface area contributed by atoms with Crippen LogP contribution in [-0.2, 0) is 32.3 Å². The summed E-state index contributed by atoms with van der Waals surface area (Å²) in [5.41, 5.74) is 3.53. The third kappa shape index (κ3) is 12.8. The van der Waals surface area contributed by atoms with Crippen molar-refractivity contribution in [3.05, 3.63) is 71.5 Å². The standard InChI is InChI=1S/C21H26O4.C3H6.C2H4O.C2H6/c1-15(22)24-13-16-5-7-17(8-6-16)14-25-21-4-2-3-20(21)18-9-11-19(23)12-10-18;1-3-2;1-2-3;1-2/h5-9,11,20-21,23H,2-4,10,12-14H2,1H3;3H,1H2,2H3;2H,1H3;1-2H3. The molecule has 5 nitrogen and oxygen atoms in total. The van der Waals surface area contributed by atoms with E-state index in [2.05, 4.69) is 12.7 Å². The van der Waals surface area contributed by atoms with Gasteiger partial charge in [0.25, 0.3) is 0 Å². The van der Waals surface area contributed by atoms with Gasteiger partial charge >= 0.3 is 5.97 Å². The lowest BCUT2D eigenvalue weighted by Gasteiger charge is -2.24. The predicted octanol–water partition coefficient (Wildman–Crippen LogP) is 7.02. The molecule has 5 heteroatoms. The summed E-state index contributed by atoms with van der Waals surface area (Å²) in [7, 11) is 0. The molecule has 0 spiro atoms. The molecule has 1 N–H and O–H groups in total. The van der Waals surface area contributed by atoms with Gasteiger partial charge < -0.3 is 19.4 Å². The van der Waals surface area contributed by atoms with Crippen molar-refractivity contribution in [3.63, 3.8) is 0 Å². The Kier molecular flexibility index (Phi) is 17.3. The number of aliphatic hydroxyl groups is 1. The van der Waals surface area contributed by atoms with Crippen LogP contribution < -0.4 is 0 Å². The number of aliphatic hydroxyl groups excluding tert-OH is 1. The molecule has 2 aliphatic rings. The Labute approximate surface area is 200 Å². The van der Waals surface area contributed by atoms with Crippen molar-refractivity contribution < 1.29 is 24.2 Å². The van der Waals surface area contributed by atoms with Gasteiger partial charge in [-0.1, -0.05) is 62.3 Å². The third-order valence-corrected chi connectivity index (χ3v) is 5.02. The first kappa shape index (κ1) is 30.3. The Morgan fingerprint density at radius 1 is 1.06 bits per heavy atom. The van der Waals surface area contributed by atoms with Crippen LogP contribution in [-0.4, -0.2) is 23.5 Å². The van der Waals surface area contributed by atoms with Crippen LogP contribution in [0, 0.1) is 5.92 Å². The van der Waals surface area contributed by atoms with Crippen molar-refractivity contribution in [1.29, 1.82) is 0 Å². The molecule has 2 aliphatic carbocycles. The molecule has 184 valence electrons. The van der Waals surface area contributed by atoms with Crippen molar-refractivity contribution in [2.45, 2.75) is 86.0 Å². The van der Waals surface area contributed by atoms with Crippen LogP contribution in [0.25, 0.3) is 0 Å². The molecular formula is C28H42O5. The Bertz CT molecular complexity index is 740. The average Bonchev–Trinajstić information content (AvgIpc) is 3.28. The number of hydrogen-bond donors (Lipinski definition) is 1. The molecule has 1 aromatic carbocycles. The topological polar surface area (TPSA) is 72.8 Å². The fourth-order valence-electron chi connectivity index (χ4n) is 3.62. The summed E-state index contributed by atoms with van der Waals surface area (Å²) in [6.45, 7) is 13.0. The molecule has 1 saturated carbocycles. The summed E-state index contributed by atoms with van der Waals surface area (Å²) in [4.78, 5) is 19.7. The summed E-state index contributed by atoms with van der Waals surface area (Å²) in [6.07, 6.45) is 11.8. The zero-order valence-electron chi connectivity index (χ0n) is 21.0. The molecule has 2 unspecified atom stereocenters. The molecule has 0 heterocycles. The highest BCUT2D eigenvalue weighted by molar-refractivity contribution is 5.65. The lowest BCUT2D eigenvalue weighted by atomic mass is 9.89. The quantitative estimate of drug-likeness (QED) is 0.282. The number of allylic oxidation sites excluding steroid dienone is 4. The maximum absolute atomic E-state index is 10.8. The minimum absolute atomic E-state index is 0.264. The largest absolute Gasteiger partial charge is 0.512 e. The lowest BCUT2D eigenvalue weighted by Crippen LogP contribution is -2.21. The minimum Gasteiger partial charge on any atom is -0.512 e. The number of ether oxygens (including phenoxy) is 2. The first-order valence-corrected chi connectivity index (χ1v) is 11.8. The number of rotatable bonds is 6. The van der Waals surface area contributed by atoms with Crippen LogP contribution in [0.2, 0.25) is 0 Å². The normalized spacial score (nSPS) is 18.5. The second-order valence-corrected chi connectivity index (χ2v) is 7.53. The number of esters is 1. The van der Waals surface area contributed by atoms with Gasteiger partial charge in [-0.3, -0.25) is 4.79 Å². The minimum atomic E-state index is -0.264. The fraction of sp³-hybridized carbons (Fsp3) is 0.500. The molecule has 0 saturated heterocycles. The van der Waals surface area contributed by atoms with Gasteiger partial charge in [-0.2, -0.15) is 0 Å².